The quantitative estimate of drug-likeness (QED) is 0.806. The van der Waals surface area contributed by atoms with Gasteiger partial charge < -0.3 is 5.32 Å². The van der Waals surface area contributed by atoms with Crippen LogP contribution in [0.2, 0.25) is 0 Å². The minimum Gasteiger partial charge on any atom is -0.347 e. The van der Waals surface area contributed by atoms with Crippen molar-refractivity contribution >= 4 is 17.5 Å². The number of benzene rings is 1. The Balaban J connectivity index is 2.92. The van der Waals surface area contributed by atoms with E-state index in [-0.39, 0.29) is 16.8 Å². The molecule has 1 unspecified atom stereocenters. The molecular weight excluding hydrogens is 222 g/mol. The average Bonchev–Trinajstić information content (AvgIpc) is 2.16. The number of carbonyl (C=O) groups is 1. The molecule has 0 spiro atoms. The summed E-state index contributed by atoms with van der Waals surface area (Å²) in [5.41, 5.74) is 1.81. The summed E-state index contributed by atoms with van der Waals surface area (Å²) in [6.07, 6.45) is 0. The predicted molar refractivity (Wildman–Crippen MR) is 67.6 cm³/mol. The molecule has 0 aliphatic rings. The summed E-state index contributed by atoms with van der Waals surface area (Å²) in [4.78, 5) is 11.1. The topological polar surface area (TPSA) is 29.1 Å². The molecule has 3 heteroatoms. The van der Waals surface area contributed by atoms with E-state index in [1.54, 1.807) is 0 Å². The van der Waals surface area contributed by atoms with Crippen molar-refractivity contribution in [1.29, 1.82) is 0 Å². The zero-order valence-electron chi connectivity index (χ0n) is 10.2. The minimum absolute atomic E-state index is 0.0120. The molecule has 0 fully saturated rings. The molecule has 1 N–H and O–H groups in total. The number of carbonyl (C=O) groups excluding carboxylic acids is 1. The molecule has 0 radical (unpaired) electrons. The molecule has 0 saturated carbocycles. The highest BCUT2D eigenvalue weighted by atomic mass is 35.5. The molecule has 0 heterocycles. The molecule has 0 aliphatic carbocycles. The van der Waals surface area contributed by atoms with E-state index in [9.17, 15) is 4.79 Å². The first kappa shape index (κ1) is 13.0. The van der Waals surface area contributed by atoms with Crippen molar-refractivity contribution in [2.75, 3.05) is 0 Å². The van der Waals surface area contributed by atoms with Crippen LogP contribution in [-0.4, -0.2) is 5.91 Å². The summed E-state index contributed by atoms with van der Waals surface area (Å²) in [7, 11) is 0. The molecule has 0 aliphatic heterocycles. The smallest absolute Gasteiger partial charge is 0.217 e. The van der Waals surface area contributed by atoms with Crippen LogP contribution in [0.1, 0.15) is 44.2 Å². The number of nitrogens with one attached hydrogen (secondary N) is 1. The Hall–Kier alpha value is -1.02. The van der Waals surface area contributed by atoms with Gasteiger partial charge in [0.1, 0.15) is 0 Å². The fraction of sp³-hybridized carbons (Fsp3) is 0.462. The molecule has 88 valence electrons. The molecule has 16 heavy (non-hydrogen) atoms. The van der Waals surface area contributed by atoms with E-state index in [1.165, 1.54) is 6.92 Å². The summed E-state index contributed by atoms with van der Waals surface area (Å²) in [6.45, 7) is 7.42. The first-order valence-corrected chi connectivity index (χ1v) is 5.80. The van der Waals surface area contributed by atoms with Gasteiger partial charge in [-0.3, -0.25) is 4.79 Å². The molecule has 1 aromatic carbocycles. The van der Waals surface area contributed by atoms with Crippen LogP contribution < -0.4 is 5.32 Å². The van der Waals surface area contributed by atoms with Gasteiger partial charge in [-0.25, -0.2) is 0 Å². The van der Waals surface area contributed by atoms with Crippen LogP contribution >= 0.6 is 11.6 Å². The number of rotatable bonds is 3. The van der Waals surface area contributed by atoms with Crippen molar-refractivity contribution < 1.29 is 4.79 Å². The van der Waals surface area contributed by atoms with Gasteiger partial charge in [0.25, 0.3) is 0 Å². The Labute approximate surface area is 102 Å². The second kappa shape index (κ2) is 4.88. The van der Waals surface area contributed by atoms with Gasteiger partial charge in [0.05, 0.1) is 10.9 Å². The van der Waals surface area contributed by atoms with E-state index in [0.29, 0.717) is 0 Å². The van der Waals surface area contributed by atoms with Gasteiger partial charge in [-0.1, -0.05) is 24.3 Å². The van der Waals surface area contributed by atoms with Crippen molar-refractivity contribution in [1.82, 2.24) is 5.32 Å². The molecule has 0 saturated heterocycles. The van der Waals surface area contributed by atoms with Gasteiger partial charge in [0.2, 0.25) is 5.91 Å². The largest absolute Gasteiger partial charge is 0.347 e. The number of alkyl halides is 1. The van der Waals surface area contributed by atoms with Crippen LogP contribution in [0.5, 0.6) is 0 Å². The van der Waals surface area contributed by atoms with E-state index in [1.807, 2.05) is 45.0 Å². The normalized spacial score (nSPS) is 13.3. The molecule has 1 rings (SSSR count). The van der Waals surface area contributed by atoms with Crippen molar-refractivity contribution in [3.05, 3.63) is 35.4 Å². The monoisotopic (exact) mass is 239 g/mol. The van der Waals surface area contributed by atoms with Crippen molar-refractivity contribution in [3.8, 4) is 0 Å². The Morgan fingerprint density at radius 3 is 2.19 bits per heavy atom. The highest BCUT2D eigenvalue weighted by Crippen LogP contribution is 2.24. The second-order valence-electron chi connectivity index (χ2n) is 4.54. The number of hydrogen-bond donors (Lipinski definition) is 1. The maximum atomic E-state index is 11.1. The van der Waals surface area contributed by atoms with Crippen molar-refractivity contribution in [2.24, 2.45) is 0 Å². The molecule has 2 nitrogen and oxygen atoms in total. The van der Waals surface area contributed by atoms with E-state index in [4.69, 9.17) is 11.6 Å². The third-order valence-corrected chi connectivity index (χ3v) is 2.83. The highest BCUT2D eigenvalue weighted by molar-refractivity contribution is 6.20. The fourth-order valence-corrected chi connectivity index (χ4v) is 1.82. The predicted octanol–water partition coefficient (Wildman–Crippen LogP) is 3.36. The zero-order chi connectivity index (χ0) is 12.3. The average molecular weight is 240 g/mol. The summed E-state index contributed by atoms with van der Waals surface area (Å²) < 4.78 is 0. The lowest BCUT2D eigenvalue weighted by Gasteiger charge is -2.26. The van der Waals surface area contributed by atoms with E-state index in [2.05, 4.69) is 5.32 Å². The van der Waals surface area contributed by atoms with Crippen molar-refractivity contribution in [2.45, 2.75) is 38.6 Å². The van der Waals surface area contributed by atoms with Gasteiger partial charge >= 0.3 is 0 Å². The lowest BCUT2D eigenvalue weighted by molar-refractivity contribution is -0.120. The summed E-state index contributed by atoms with van der Waals surface area (Å²) in [6, 6.07) is 8.00. The molecule has 1 atom stereocenters. The Kier molecular flexibility index (Phi) is 3.98. The third-order valence-electron chi connectivity index (χ3n) is 2.58. The second-order valence-corrected chi connectivity index (χ2v) is 5.20. The highest BCUT2D eigenvalue weighted by Gasteiger charge is 2.21. The lowest BCUT2D eigenvalue weighted by atomic mass is 9.93. The summed E-state index contributed by atoms with van der Waals surface area (Å²) in [5, 5.41) is 2.92. The van der Waals surface area contributed by atoms with E-state index < -0.39 is 0 Å². The van der Waals surface area contributed by atoms with Crippen LogP contribution in [0.15, 0.2) is 24.3 Å². The van der Waals surface area contributed by atoms with Crippen LogP contribution in [0.3, 0.4) is 0 Å². The standard InChI is InChI=1S/C13H18ClNO/c1-9(14)11-5-7-12(8-6-11)13(3,4)15-10(2)16/h5-9H,1-4H3,(H,15,16). The molecule has 0 bridgehead atoms. The number of halogens is 1. The van der Waals surface area contributed by atoms with Gasteiger partial charge in [-0.2, -0.15) is 0 Å². The molecule has 1 aromatic rings. The molecular formula is C13H18ClNO. The zero-order valence-corrected chi connectivity index (χ0v) is 10.9. The van der Waals surface area contributed by atoms with Gasteiger partial charge in [0, 0.05) is 6.92 Å². The SMILES string of the molecule is CC(=O)NC(C)(C)c1ccc(C(C)Cl)cc1. The van der Waals surface area contributed by atoms with Crippen LogP contribution in [0.25, 0.3) is 0 Å². The maximum Gasteiger partial charge on any atom is 0.217 e. The van der Waals surface area contributed by atoms with Crippen molar-refractivity contribution in [3.63, 3.8) is 0 Å². The van der Waals surface area contributed by atoms with Gasteiger partial charge in [-0.15, -0.1) is 11.6 Å². The van der Waals surface area contributed by atoms with Crippen LogP contribution in [-0.2, 0) is 10.3 Å². The van der Waals surface area contributed by atoms with Gasteiger partial charge in [-0.05, 0) is 31.9 Å². The Bertz CT molecular complexity index is 368. The Morgan fingerprint density at radius 1 is 1.31 bits per heavy atom. The third kappa shape index (κ3) is 3.24. The number of hydrogen-bond acceptors (Lipinski definition) is 1. The van der Waals surface area contributed by atoms with Crippen LogP contribution in [0.4, 0.5) is 0 Å². The van der Waals surface area contributed by atoms with E-state index >= 15 is 0 Å². The summed E-state index contributed by atoms with van der Waals surface area (Å²) in [5.74, 6) is -0.0280. The summed E-state index contributed by atoms with van der Waals surface area (Å²) >= 11 is 5.98. The first-order valence-electron chi connectivity index (χ1n) is 5.36. The Morgan fingerprint density at radius 2 is 1.81 bits per heavy atom. The lowest BCUT2D eigenvalue weighted by Crippen LogP contribution is -2.39. The molecule has 1 amide bonds. The fourth-order valence-electron chi connectivity index (χ4n) is 1.68. The molecule has 0 aromatic heterocycles. The van der Waals surface area contributed by atoms with Gasteiger partial charge in [0.15, 0.2) is 0 Å². The first-order chi connectivity index (χ1) is 7.33. The maximum absolute atomic E-state index is 11.1. The van der Waals surface area contributed by atoms with Crippen LogP contribution in [0, 0.1) is 0 Å². The minimum atomic E-state index is -0.347. The number of amides is 1. The van der Waals surface area contributed by atoms with E-state index in [0.717, 1.165) is 11.1 Å².